The van der Waals surface area contributed by atoms with E-state index < -0.39 is 0 Å². The molecule has 0 saturated carbocycles. The highest BCUT2D eigenvalue weighted by Crippen LogP contribution is 2.18. The second-order valence-electron chi connectivity index (χ2n) is 5.60. The molecule has 0 bridgehead atoms. The summed E-state index contributed by atoms with van der Waals surface area (Å²) in [7, 11) is 0. The molecule has 0 fully saturated rings. The zero-order valence-electron chi connectivity index (χ0n) is 13.4. The molecular weight excluding hydrogens is 258 g/mol. The average Bonchev–Trinajstić information content (AvgIpc) is 2.45. The van der Waals surface area contributed by atoms with Gasteiger partial charge in [-0.25, -0.2) is 0 Å². The van der Waals surface area contributed by atoms with Gasteiger partial charge in [-0.05, 0) is 51.0 Å². The van der Waals surface area contributed by atoms with Crippen molar-refractivity contribution >= 4 is 0 Å². The van der Waals surface area contributed by atoms with Crippen LogP contribution in [-0.4, -0.2) is 6.61 Å². The fourth-order valence-electron chi connectivity index (χ4n) is 2.58. The molecule has 0 heterocycles. The molecule has 0 aromatic heterocycles. The van der Waals surface area contributed by atoms with E-state index >= 15 is 0 Å². The Labute approximate surface area is 128 Å². The summed E-state index contributed by atoms with van der Waals surface area (Å²) in [6, 6.07) is 15.3. The van der Waals surface area contributed by atoms with Gasteiger partial charge >= 0.3 is 0 Å². The van der Waals surface area contributed by atoms with Crippen LogP contribution >= 0.6 is 0 Å². The van der Waals surface area contributed by atoms with Gasteiger partial charge < -0.3 is 10.1 Å². The van der Waals surface area contributed by atoms with E-state index in [0.717, 1.165) is 12.3 Å². The third-order valence-electron chi connectivity index (χ3n) is 3.58. The van der Waals surface area contributed by atoms with Crippen LogP contribution in [0.3, 0.4) is 0 Å². The standard InChI is InChI=1S/C19H25NO/c1-5-21-19-8-6-18(7-9-19)16(4)20-13-17-11-14(2)10-15(3)12-17/h6-12,16,20H,5,13H2,1-4H3. The number of aryl methyl sites for hydroxylation is 2. The lowest BCUT2D eigenvalue weighted by atomic mass is 10.1. The van der Waals surface area contributed by atoms with Crippen molar-refractivity contribution in [1.82, 2.24) is 5.32 Å². The maximum absolute atomic E-state index is 5.48. The Hall–Kier alpha value is -1.80. The molecule has 0 saturated heterocycles. The normalized spacial score (nSPS) is 12.2. The van der Waals surface area contributed by atoms with Gasteiger partial charge in [0.15, 0.2) is 0 Å². The van der Waals surface area contributed by atoms with Crippen LogP contribution in [0.2, 0.25) is 0 Å². The zero-order chi connectivity index (χ0) is 15.2. The lowest BCUT2D eigenvalue weighted by molar-refractivity contribution is 0.340. The number of hydrogen-bond acceptors (Lipinski definition) is 2. The van der Waals surface area contributed by atoms with Crippen molar-refractivity contribution in [1.29, 1.82) is 0 Å². The Balaban J connectivity index is 1.96. The van der Waals surface area contributed by atoms with E-state index in [0.29, 0.717) is 12.6 Å². The molecule has 2 aromatic rings. The first-order valence-corrected chi connectivity index (χ1v) is 7.62. The highest BCUT2D eigenvalue weighted by atomic mass is 16.5. The molecule has 0 aliphatic carbocycles. The van der Waals surface area contributed by atoms with Crippen molar-refractivity contribution in [2.45, 2.75) is 40.3 Å². The van der Waals surface area contributed by atoms with E-state index in [2.05, 4.69) is 56.4 Å². The largest absolute Gasteiger partial charge is 0.494 e. The molecule has 0 aliphatic rings. The quantitative estimate of drug-likeness (QED) is 0.839. The van der Waals surface area contributed by atoms with E-state index in [-0.39, 0.29) is 0 Å². The summed E-state index contributed by atoms with van der Waals surface area (Å²) < 4.78 is 5.48. The Morgan fingerprint density at radius 2 is 1.62 bits per heavy atom. The summed E-state index contributed by atoms with van der Waals surface area (Å²) in [5, 5.41) is 3.58. The number of ether oxygens (including phenoxy) is 1. The van der Waals surface area contributed by atoms with Gasteiger partial charge in [0.05, 0.1) is 6.61 Å². The number of benzene rings is 2. The second-order valence-corrected chi connectivity index (χ2v) is 5.60. The molecule has 2 aromatic carbocycles. The van der Waals surface area contributed by atoms with Gasteiger partial charge in [0.25, 0.3) is 0 Å². The number of nitrogens with one attached hydrogen (secondary N) is 1. The second kappa shape index (κ2) is 7.28. The molecule has 1 N–H and O–H groups in total. The fourth-order valence-corrected chi connectivity index (χ4v) is 2.58. The SMILES string of the molecule is CCOc1ccc(C(C)NCc2cc(C)cc(C)c2)cc1. The van der Waals surface area contributed by atoms with Crippen LogP contribution in [0, 0.1) is 13.8 Å². The summed E-state index contributed by atoms with van der Waals surface area (Å²) >= 11 is 0. The van der Waals surface area contributed by atoms with Gasteiger partial charge in [-0.15, -0.1) is 0 Å². The van der Waals surface area contributed by atoms with Crippen LogP contribution in [0.25, 0.3) is 0 Å². The molecule has 0 aliphatic heterocycles. The molecular formula is C19H25NO. The predicted octanol–water partition coefficient (Wildman–Crippen LogP) is 4.55. The van der Waals surface area contributed by atoms with Crippen LogP contribution in [0.1, 0.15) is 42.1 Å². The van der Waals surface area contributed by atoms with Gasteiger partial charge in [0.1, 0.15) is 5.75 Å². The van der Waals surface area contributed by atoms with Gasteiger partial charge in [-0.1, -0.05) is 41.5 Å². The molecule has 112 valence electrons. The maximum Gasteiger partial charge on any atom is 0.119 e. The Bertz CT molecular complexity index is 554. The first kappa shape index (κ1) is 15.6. The minimum Gasteiger partial charge on any atom is -0.494 e. The summed E-state index contributed by atoms with van der Waals surface area (Å²) in [6.07, 6.45) is 0. The molecule has 2 rings (SSSR count). The van der Waals surface area contributed by atoms with E-state index in [9.17, 15) is 0 Å². The van der Waals surface area contributed by atoms with Crippen molar-refractivity contribution < 1.29 is 4.74 Å². The highest BCUT2D eigenvalue weighted by Gasteiger charge is 2.05. The molecule has 2 nitrogen and oxygen atoms in total. The van der Waals surface area contributed by atoms with Crippen LogP contribution in [0.5, 0.6) is 5.75 Å². The molecule has 2 heteroatoms. The Morgan fingerprint density at radius 1 is 1.00 bits per heavy atom. The van der Waals surface area contributed by atoms with E-state index in [1.165, 1.54) is 22.3 Å². The van der Waals surface area contributed by atoms with E-state index in [1.807, 2.05) is 19.1 Å². The average molecular weight is 283 g/mol. The number of rotatable bonds is 6. The van der Waals surface area contributed by atoms with Gasteiger partial charge in [0.2, 0.25) is 0 Å². The maximum atomic E-state index is 5.48. The molecule has 1 atom stereocenters. The van der Waals surface area contributed by atoms with Crippen molar-refractivity contribution in [2.24, 2.45) is 0 Å². The van der Waals surface area contributed by atoms with Crippen LogP contribution in [-0.2, 0) is 6.54 Å². The first-order valence-electron chi connectivity index (χ1n) is 7.62. The molecule has 1 unspecified atom stereocenters. The van der Waals surface area contributed by atoms with Gasteiger partial charge in [-0.2, -0.15) is 0 Å². The summed E-state index contributed by atoms with van der Waals surface area (Å²) in [5.74, 6) is 0.933. The summed E-state index contributed by atoms with van der Waals surface area (Å²) in [6.45, 7) is 10.1. The van der Waals surface area contributed by atoms with Gasteiger partial charge in [0, 0.05) is 12.6 Å². The van der Waals surface area contributed by atoms with Crippen molar-refractivity contribution in [2.75, 3.05) is 6.61 Å². The van der Waals surface area contributed by atoms with Crippen LogP contribution in [0.15, 0.2) is 42.5 Å². The topological polar surface area (TPSA) is 21.3 Å². The Kier molecular flexibility index (Phi) is 5.40. The summed E-state index contributed by atoms with van der Waals surface area (Å²) in [4.78, 5) is 0. The third kappa shape index (κ3) is 4.61. The third-order valence-corrected chi connectivity index (χ3v) is 3.58. The Morgan fingerprint density at radius 3 is 2.19 bits per heavy atom. The zero-order valence-corrected chi connectivity index (χ0v) is 13.4. The minimum atomic E-state index is 0.321. The molecule has 0 amide bonds. The molecule has 21 heavy (non-hydrogen) atoms. The summed E-state index contributed by atoms with van der Waals surface area (Å²) in [5.41, 5.74) is 5.26. The smallest absolute Gasteiger partial charge is 0.119 e. The lowest BCUT2D eigenvalue weighted by Crippen LogP contribution is -2.18. The monoisotopic (exact) mass is 283 g/mol. The van der Waals surface area contributed by atoms with Crippen LogP contribution in [0.4, 0.5) is 0 Å². The van der Waals surface area contributed by atoms with E-state index in [4.69, 9.17) is 4.74 Å². The molecule has 0 radical (unpaired) electrons. The van der Waals surface area contributed by atoms with E-state index in [1.54, 1.807) is 0 Å². The lowest BCUT2D eigenvalue weighted by Gasteiger charge is -2.15. The van der Waals surface area contributed by atoms with Crippen LogP contribution < -0.4 is 10.1 Å². The van der Waals surface area contributed by atoms with Crippen molar-refractivity contribution in [3.05, 3.63) is 64.7 Å². The highest BCUT2D eigenvalue weighted by molar-refractivity contribution is 5.30. The van der Waals surface area contributed by atoms with Gasteiger partial charge in [-0.3, -0.25) is 0 Å². The fraction of sp³-hybridized carbons (Fsp3) is 0.368. The predicted molar refractivity (Wildman–Crippen MR) is 88.8 cm³/mol. The number of hydrogen-bond donors (Lipinski definition) is 1. The molecule has 0 spiro atoms. The van der Waals surface area contributed by atoms with Crippen molar-refractivity contribution in [3.8, 4) is 5.75 Å². The minimum absolute atomic E-state index is 0.321. The van der Waals surface area contributed by atoms with Crippen molar-refractivity contribution in [3.63, 3.8) is 0 Å². The first-order chi connectivity index (χ1) is 10.1.